The maximum absolute atomic E-state index is 13.1. The van der Waals surface area contributed by atoms with E-state index in [-0.39, 0.29) is 35.3 Å². The highest BCUT2D eigenvalue weighted by Crippen LogP contribution is 2.19. The fourth-order valence-corrected chi connectivity index (χ4v) is 3.83. The maximum atomic E-state index is 13.1. The van der Waals surface area contributed by atoms with Crippen LogP contribution in [-0.4, -0.2) is 45.7 Å². The average Bonchev–Trinajstić information content (AvgIpc) is 2.81. The second-order valence-electron chi connectivity index (χ2n) is 7.39. The first-order valence-corrected chi connectivity index (χ1v) is 9.74. The number of hydrogen-bond acceptors (Lipinski definition) is 3. The largest absolute Gasteiger partial charge is 0.362 e. The number of nitrogens with one attached hydrogen (secondary N) is 1. The lowest BCUT2D eigenvalue weighted by Crippen LogP contribution is -2.44. The minimum absolute atomic E-state index is 0.0422. The van der Waals surface area contributed by atoms with Gasteiger partial charge in [0.1, 0.15) is 5.56 Å². The molecule has 1 aliphatic heterocycles. The number of rotatable bonds is 4. The topological polar surface area (TPSA) is 73.5 Å². The smallest absolute Gasteiger partial charge is 0.259 e. The monoisotopic (exact) mass is 381 g/mol. The molecule has 0 aliphatic carbocycles. The molecule has 6 heteroatoms. The van der Waals surface area contributed by atoms with E-state index in [0.29, 0.717) is 25.3 Å². The highest BCUT2D eigenvalue weighted by molar-refractivity contribution is 5.95. The van der Waals surface area contributed by atoms with Crippen molar-refractivity contribution in [3.8, 4) is 0 Å². The molecule has 0 radical (unpaired) electrons. The van der Waals surface area contributed by atoms with Crippen molar-refractivity contribution < 1.29 is 9.59 Å². The number of aromatic nitrogens is 1. The Balaban J connectivity index is 1.85. The van der Waals surface area contributed by atoms with Gasteiger partial charge in [-0.3, -0.25) is 14.4 Å². The molecule has 6 nitrogen and oxygen atoms in total. The Labute approximate surface area is 165 Å². The number of carbonyl (C=O) groups excluding carboxylic acids is 2. The molecule has 3 rings (SSSR count). The highest BCUT2D eigenvalue weighted by Gasteiger charge is 2.32. The van der Waals surface area contributed by atoms with Crippen LogP contribution in [0.5, 0.6) is 0 Å². The van der Waals surface area contributed by atoms with E-state index < -0.39 is 0 Å². The highest BCUT2D eigenvalue weighted by atomic mass is 16.2. The third kappa shape index (κ3) is 4.16. The number of hydrogen-bond donors (Lipinski definition) is 1. The quantitative estimate of drug-likeness (QED) is 0.885. The molecule has 1 unspecified atom stereocenters. The number of aromatic amines is 1. The predicted molar refractivity (Wildman–Crippen MR) is 108 cm³/mol. The van der Waals surface area contributed by atoms with Crippen LogP contribution >= 0.6 is 0 Å². The fourth-order valence-electron chi connectivity index (χ4n) is 3.83. The molecule has 2 heterocycles. The third-order valence-electron chi connectivity index (χ3n) is 5.31. The van der Waals surface area contributed by atoms with Crippen LogP contribution in [0.1, 0.15) is 47.1 Å². The second kappa shape index (κ2) is 8.42. The maximum Gasteiger partial charge on any atom is 0.259 e. The first-order chi connectivity index (χ1) is 13.4. The van der Waals surface area contributed by atoms with Gasteiger partial charge in [-0.1, -0.05) is 37.3 Å². The lowest BCUT2D eigenvalue weighted by molar-refractivity contribution is -0.133. The van der Waals surface area contributed by atoms with Crippen molar-refractivity contribution in [2.75, 3.05) is 13.1 Å². The number of nitrogens with zero attached hydrogens (tertiary/aromatic N) is 2. The van der Waals surface area contributed by atoms with Crippen LogP contribution in [0.3, 0.4) is 0 Å². The van der Waals surface area contributed by atoms with Gasteiger partial charge < -0.3 is 14.8 Å². The number of aryl methyl sites for hydroxylation is 2. The van der Waals surface area contributed by atoms with E-state index in [0.717, 1.165) is 17.7 Å². The summed E-state index contributed by atoms with van der Waals surface area (Å²) in [5.41, 5.74) is 2.26. The van der Waals surface area contributed by atoms with Crippen LogP contribution < -0.4 is 5.43 Å². The standard InChI is InChI=1S/C22H27N3O3/c1-4-18-14-24(22(28)21-16(3)23-15(2)12-19(21)26)11-10-20(27)25(18)13-17-8-6-5-7-9-17/h5-9,12,18H,4,10-11,13-14H2,1-3H3,(H,23,26). The van der Waals surface area contributed by atoms with Gasteiger partial charge in [-0.15, -0.1) is 0 Å². The molecule has 1 atom stereocenters. The van der Waals surface area contributed by atoms with E-state index in [2.05, 4.69) is 4.98 Å². The summed E-state index contributed by atoms with van der Waals surface area (Å²) < 4.78 is 0. The number of carbonyl (C=O) groups is 2. The first-order valence-electron chi connectivity index (χ1n) is 9.74. The van der Waals surface area contributed by atoms with E-state index in [4.69, 9.17) is 0 Å². The van der Waals surface area contributed by atoms with Gasteiger partial charge in [-0.05, 0) is 25.8 Å². The summed E-state index contributed by atoms with van der Waals surface area (Å²) in [5.74, 6) is -0.257. The number of H-pyrrole nitrogens is 1. The van der Waals surface area contributed by atoms with Gasteiger partial charge in [-0.25, -0.2) is 0 Å². The zero-order chi connectivity index (χ0) is 20.3. The molecule has 1 fully saturated rings. The van der Waals surface area contributed by atoms with E-state index in [9.17, 15) is 14.4 Å². The van der Waals surface area contributed by atoms with E-state index in [1.165, 1.54) is 6.07 Å². The molecule has 1 aromatic carbocycles. The summed E-state index contributed by atoms with van der Waals surface area (Å²) in [5, 5.41) is 0. The summed E-state index contributed by atoms with van der Waals surface area (Å²) in [6.45, 7) is 6.84. The van der Waals surface area contributed by atoms with Crippen molar-refractivity contribution in [2.45, 2.75) is 46.2 Å². The molecule has 0 saturated carbocycles. The van der Waals surface area contributed by atoms with Gasteiger partial charge in [0.25, 0.3) is 5.91 Å². The van der Waals surface area contributed by atoms with Crippen molar-refractivity contribution in [3.63, 3.8) is 0 Å². The molecule has 148 valence electrons. The summed E-state index contributed by atoms with van der Waals surface area (Å²) in [6.07, 6.45) is 1.00. The average molecular weight is 381 g/mol. The molecule has 1 N–H and O–H groups in total. The predicted octanol–water partition coefficient (Wildman–Crippen LogP) is 2.65. The zero-order valence-corrected chi connectivity index (χ0v) is 16.7. The fraction of sp³-hybridized carbons (Fsp3) is 0.409. The van der Waals surface area contributed by atoms with Gasteiger partial charge in [0.2, 0.25) is 5.91 Å². The first kappa shape index (κ1) is 19.9. The lowest BCUT2D eigenvalue weighted by atomic mass is 10.1. The number of benzene rings is 1. The molecular weight excluding hydrogens is 354 g/mol. The second-order valence-corrected chi connectivity index (χ2v) is 7.39. The van der Waals surface area contributed by atoms with E-state index >= 15 is 0 Å². The Hall–Kier alpha value is -2.89. The normalized spacial score (nSPS) is 17.5. The Morgan fingerprint density at radius 1 is 1.18 bits per heavy atom. The minimum Gasteiger partial charge on any atom is -0.362 e. The Kier molecular flexibility index (Phi) is 5.97. The van der Waals surface area contributed by atoms with Crippen LogP contribution in [-0.2, 0) is 11.3 Å². The summed E-state index contributed by atoms with van der Waals surface area (Å²) in [4.78, 5) is 44.9. The molecule has 2 aromatic rings. The molecule has 1 aromatic heterocycles. The Bertz CT molecular complexity index is 920. The van der Waals surface area contributed by atoms with Gasteiger partial charge >= 0.3 is 0 Å². The summed E-state index contributed by atoms with van der Waals surface area (Å²) in [7, 11) is 0. The molecule has 28 heavy (non-hydrogen) atoms. The SMILES string of the molecule is CCC1CN(C(=O)c2c(C)[nH]c(C)cc2=O)CCC(=O)N1Cc1ccccc1. The lowest BCUT2D eigenvalue weighted by Gasteiger charge is -2.31. The van der Waals surface area contributed by atoms with Crippen LogP contribution in [0.25, 0.3) is 0 Å². The van der Waals surface area contributed by atoms with Crippen LogP contribution in [0.4, 0.5) is 0 Å². The molecule has 0 spiro atoms. The van der Waals surface area contributed by atoms with Crippen molar-refractivity contribution in [2.24, 2.45) is 0 Å². The van der Waals surface area contributed by atoms with Crippen LogP contribution in [0.2, 0.25) is 0 Å². The molecular formula is C22H27N3O3. The van der Waals surface area contributed by atoms with Gasteiger partial charge in [0.15, 0.2) is 5.43 Å². The molecule has 2 amide bonds. The molecule has 1 saturated heterocycles. The van der Waals surface area contributed by atoms with Crippen molar-refractivity contribution in [3.05, 3.63) is 69.1 Å². The van der Waals surface area contributed by atoms with Crippen molar-refractivity contribution >= 4 is 11.8 Å². The Morgan fingerprint density at radius 2 is 1.89 bits per heavy atom. The van der Waals surface area contributed by atoms with Crippen molar-refractivity contribution in [1.29, 1.82) is 0 Å². The van der Waals surface area contributed by atoms with Gasteiger partial charge in [0, 0.05) is 49.6 Å². The minimum atomic E-state index is -0.299. The Morgan fingerprint density at radius 3 is 2.54 bits per heavy atom. The summed E-state index contributed by atoms with van der Waals surface area (Å²) in [6, 6.07) is 11.2. The number of pyridine rings is 1. The van der Waals surface area contributed by atoms with Crippen LogP contribution in [0, 0.1) is 13.8 Å². The van der Waals surface area contributed by atoms with E-state index in [1.807, 2.05) is 42.2 Å². The van der Waals surface area contributed by atoms with Gasteiger partial charge in [0.05, 0.1) is 0 Å². The molecule has 1 aliphatic rings. The summed E-state index contributed by atoms with van der Waals surface area (Å²) >= 11 is 0. The van der Waals surface area contributed by atoms with Crippen molar-refractivity contribution in [1.82, 2.24) is 14.8 Å². The third-order valence-corrected chi connectivity index (χ3v) is 5.31. The zero-order valence-electron chi connectivity index (χ0n) is 16.7. The molecule has 0 bridgehead atoms. The van der Waals surface area contributed by atoms with E-state index in [1.54, 1.807) is 18.7 Å². The van der Waals surface area contributed by atoms with Gasteiger partial charge in [-0.2, -0.15) is 0 Å². The number of amides is 2. The van der Waals surface area contributed by atoms with Crippen LogP contribution in [0.15, 0.2) is 41.2 Å².